The number of hydrogen-bond donors (Lipinski definition) is 0. The molecule has 92 valence electrons. The Morgan fingerprint density at radius 3 is 2.50 bits per heavy atom. The van der Waals surface area contributed by atoms with Crippen LogP contribution in [-0.4, -0.2) is 0 Å². The third kappa shape index (κ3) is 1.68. The zero-order valence-corrected chi connectivity index (χ0v) is 10.3. The van der Waals surface area contributed by atoms with Crippen molar-refractivity contribution in [2.45, 2.75) is 13.1 Å². The van der Waals surface area contributed by atoms with Gasteiger partial charge < -0.3 is 0 Å². The molecule has 0 radical (unpaired) electrons. The highest BCUT2D eigenvalue weighted by molar-refractivity contribution is 7.26. The smallest absolute Gasteiger partial charge is 0.166 e. The molecule has 0 fully saturated rings. The fourth-order valence-corrected chi connectivity index (χ4v) is 3.35. The van der Waals surface area contributed by atoms with Gasteiger partial charge in [0.1, 0.15) is 0 Å². The molecule has 0 N–H and O–H groups in total. The van der Waals surface area contributed by atoms with Crippen LogP contribution in [0.3, 0.4) is 0 Å². The molecule has 0 bridgehead atoms. The predicted octanol–water partition coefficient (Wildman–Crippen LogP) is 5.38. The van der Waals surface area contributed by atoms with Gasteiger partial charge in [0.05, 0.1) is 5.56 Å². The number of aryl methyl sites for hydroxylation is 1. The van der Waals surface area contributed by atoms with Gasteiger partial charge in [-0.25, -0.2) is 0 Å². The Labute approximate surface area is 106 Å². The highest BCUT2D eigenvalue weighted by Crippen LogP contribution is 2.42. The van der Waals surface area contributed by atoms with Crippen LogP contribution in [0.1, 0.15) is 11.1 Å². The largest absolute Gasteiger partial charge is 0.417 e. The summed E-state index contributed by atoms with van der Waals surface area (Å²) >= 11 is 1.20. The Bertz CT molecular complexity index is 738. The van der Waals surface area contributed by atoms with Crippen molar-refractivity contribution in [2.24, 2.45) is 0 Å². The Morgan fingerprint density at radius 1 is 1.00 bits per heavy atom. The summed E-state index contributed by atoms with van der Waals surface area (Å²) in [6, 6.07) is 10.1. The van der Waals surface area contributed by atoms with Crippen LogP contribution in [0.4, 0.5) is 13.2 Å². The second-order valence-electron chi connectivity index (χ2n) is 4.28. The van der Waals surface area contributed by atoms with E-state index in [1.807, 2.05) is 25.1 Å². The maximum atomic E-state index is 12.9. The molecule has 0 aliphatic heterocycles. The minimum Gasteiger partial charge on any atom is -0.166 e. The summed E-state index contributed by atoms with van der Waals surface area (Å²) in [5.41, 5.74) is 0.512. The van der Waals surface area contributed by atoms with Gasteiger partial charge in [0, 0.05) is 20.2 Å². The van der Waals surface area contributed by atoms with Crippen LogP contribution in [0.25, 0.3) is 20.2 Å². The molecule has 4 heteroatoms. The Hall–Kier alpha value is -1.55. The number of alkyl halides is 3. The van der Waals surface area contributed by atoms with Crippen molar-refractivity contribution in [1.29, 1.82) is 0 Å². The average molecular weight is 266 g/mol. The van der Waals surface area contributed by atoms with E-state index in [2.05, 4.69) is 0 Å². The highest BCUT2D eigenvalue weighted by atomic mass is 32.1. The molecule has 3 rings (SSSR count). The molecule has 0 amide bonds. The first-order valence-electron chi connectivity index (χ1n) is 5.46. The predicted molar refractivity (Wildman–Crippen MR) is 69.1 cm³/mol. The maximum absolute atomic E-state index is 12.9. The lowest BCUT2D eigenvalue weighted by atomic mass is 10.1. The van der Waals surface area contributed by atoms with Crippen molar-refractivity contribution in [3.8, 4) is 0 Å². The lowest BCUT2D eigenvalue weighted by Gasteiger charge is -2.06. The van der Waals surface area contributed by atoms with Gasteiger partial charge >= 0.3 is 6.18 Å². The quantitative estimate of drug-likeness (QED) is 0.512. The van der Waals surface area contributed by atoms with Crippen LogP contribution in [0.5, 0.6) is 0 Å². The first-order chi connectivity index (χ1) is 8.47. The third-order valence-corrected chi connectivity index (χ3v) is 4.18. The molecule has 0 nitrogen and oxygen atoms in total. The van der Waals surface area contributed by atoms with Crippen LogP contribution in [0, 0.1) is 6.92 Å². The Balaban J connectivity index is 2.47. The highest BCUT2D eigenvalue weighted by Gasteiger charge is 2.33. The summed E-state index contributed by atoms with van der Waals surface area (Å²) in [5.74, 6) is 0. The van der Waals surface area contributed by atoms with Crippen molar-refractivity contribution in [2.75, 3.05) is 0 Å². The fourth-order valence-electron chi connectivity index (χ4n) is 2.14. The average Bonchev–Trinajstić information content (AvgIpc) is 2.65. The maximum Gasteiger partial charge on any atom is 0.417 e. The van der Waals surface area contributed by atoms with Crippen LogP contribution in [-0.2, 0) is 6.18 Å². The summed E-state index contributed by atoms with van der Waals surface area (Å²) in [6.45, 7) is 1.94. The minimum absolute atomic E-state index is 0.325. The van der Waals surface area contributed by atoms with Crippen LogP contribution >= 0.6 is 11.3 Å². The molecule has 18 heavy (non-hydrogen) atoms. The van der Waals surface area contributed by atoms with E-state index in [1.165, 1.54) is 17.4 Å². The topological polar surface area (TPSA) is 0 Å². The molecule has 0 aliphatic carbocycles. The van der Waals surface area contributed by atoms with Crippen molar-refractivity contribution in [3.63, 3.8) is 0 Å². The molecular weight excluding hydrogens is 257 g/mol. The first kappa shape index (κ1) is 11.5. The van der Waals surface area contributed by atoms with E-state index in [9.17, 15) is 13.2 Å². The van der Waals surface area contributed by atoms with E-state index in [0.717, 1.165) is 21.7 Å². The van der Waals surface area contributed by atoms with E-state index in [-0.39, 0.29) is 0 Å². The van der Waals surface area contributed by atoms with Gasteiger partial charge in [0.15, 0.2) is 0 Å². The molecule has 1 aromatic heterocycles. The molecule has 0 aliphatic rings. The van der Waals surface area contributed by atoms with E-state index in [0.29, 0.717) is 10.1 Å². The SMILES string of the molecule is Cc1ccc2sc3c(C(F)(F)F)cccc3c2c1. The van der Waals surface area contributed by atoms with E-state index >= 15 is 0 Å². The van der Waals surface area contributed by atoms with E-state index < -0.39 is 11.7 Å². The van der Waals surface area contributed by atoms with Gasteiger partial charge in [-0.2, -0.15) is 13.2 Å². The molecule has 0 saturated carbocycles. The van der Waals surface area contributed by atoms with Gasteiger partial charge in [-0.3, -0.25) is 0 Å². The van der Waals surface area contributed by atoms with Crippen LogP contribution in [0.2, 0.25) is 0 Å². The number of halogens is 3. The van der Waals surface area contributed by atoms with Crippen molar-refractivity contribution < 1.29 is 13.2 Å². The van der Waals surface area contributed by atoms with Gasteiger partial charge in [-0.1, -0.05) is 23.8 Å². The zero-order chi connectivity index (χ0) is 12.9. The first-order valence-corrected chi connectivity index (χ1v) is 6.27. The minimum atomic E-state index is -4.30. The van der Waals surface area contributed by atoms with E-state index in [1.54, 1.807) is 6.07 Å². The summed E-state index contributed by atoms with van der Waals surface area (Å²) in [7, 11) is 0. The lowest BCUT2D eigenvalue weighted by Crippen LogP contribution is -2.04. The summed E-state index contributed by atoms with van der Waals surface area (Å²) in [5, 5.41) is 1.59. The van der Waals surface area contributed by atoms with Gasteiger partial charge in [0.25, 0.3) is 0 Å². The molecule has 1 heterocycles. The molecule has 0 spiro atoms. The number of thiophene rings is 1. The summed E-state index contributed by atoms with van der Waals surface area (Å²) < 4.78 is 40.0. The lowest BCUT2D eigenvalue weighted by molar-refractivity contribution is -0.136. The molecule has 2 aromatic carbocycles. The van der Waals surface area contributed by atoms with Crippen LogP contribution < -0.4 is 0 Å². The second-order valence-corrected chi connectivity index (χ2v) is 5.33. The molecule has 0 saturated heterocycles. The molecular formula is C14H9F3S. The van der Waals surface area contributed by atoms with Crippen molar-refractivity contribution in [1.82, 2.24) is 0 Å². The monoisotopic (exact) mass is 266 g/mol. The van der Waals surface area contributed by atoms with E-state index in [4.69, 9.17) is 0 Å². The second kappa shape index (κ2) is 3.72. The Kier molecular flexibility index (Phi) is 2.38. The van der Waals surface area contributed by atoms with Gasteiger partial charge in [0.2, 0.25) is 0 Å². The molecule has 3 aromatic rings. The number of hydrogen-bond acceptors (Lipinski definition) is 1. The third-order valence-electron chi connectivity index (χ3n) is 2.96. The molecule has 0 atom stereocenters. The number of benzene rings is 2. The number of fused-ring (bicyclic) bond motifs is 3. The number of rotatable bonds is 0. The normalized spacial score (nSPS) is 12.4. The fraction of sp³-hybridized carbons (Fsp3) is 0.143. The van der Waals surface area contributed by atoms with Crippen LogP contribution in [0.15, 0.2) is 36.4 Å². The van der Waals surface area contributed by atoms with Gasteiger partial charge in [-0.05, 0) is 25.1 Å². The van der Waals surface area contributed by atoms with Crippen molar-refractivity contribution in [3.05, 3.63) is 47.5 Å². The Morgan fingerprint density at radius 2 is 1.78 bits per heavy atom. The molecule has 0 unspecified atom stereocenters. The summed E-state index contributed by atoms with van der Waals surface area (Å²) in [4.78, 5) is 0. The zero-order valence-electron chi connectivity index (χ0n) is 9.51. The van der Waals surface area contributed by atoms with Crippen molar-refractivity contribution >= 4 is 31.5 Å². The standard InChI is InChI=1S/C14H9F3S/c1-8-5-6-12-10(7-8)9-3-2-4-11(13(9)18-12)14(15,16)17/h2-7H,1H3. The van der Waals surface area contributed by atoms with Gasteiger partial charge in [-0.15, -0.1) is 11.3 Å². The summed E-state index contributed by atoms with van der Waals surface area (Å²) in [6.07, 6.45) is -4.30.